The Hall–Kier alpha value is -0.410. The lowest BCUT2D eigenvalue weighted by Gasteiger charge is -2.36. The van der Waals surface area contributed by atoms with Crippen LogP contribution in [-0.4, -0.2) is 5.11 Å². The average Bonchev–Trinajstić information content (AvgIpc) is 2.32. The molecule has 0 saturated heterocycles. The summed E-state index contributed by atoms with van der Waals surface area (Å²) in [6, 6.07) is 4.94. The molecule has 18 heavy (non-hydrogen) atoms. The molecule has 0 unspecified atom stereocenters. The lowest BCUT2D eigenvalue weighted by molar-refractivity contribution is -0.0180. The predicted octanol–water partition coefficient (Wildman–Crippen LogP) is 4.77. The van der Waals surface area contributed by atoms with Crippen molar-refractivity contribution in [3.05, 3.63) is 34.1 Å². The zero-order valence-corrected chi connectivity index (χ0v) is 12.3. The van der Waals surface area contributed by atoms with E-state index in [2.05, 4.69) is 22.9 Å². The molecule has 0 bridgehead atoms. The van der Waals surface area contributed by atoms with Crippen molar-refractivity contribution in [1.29, 1.82) is 0 Å². The summed E-state index contributed by atoms with van der Waals surface area (Å²) in [5.41, 5.74) is -0.504. The van der Waals surface area contributed by atoms with Crippen molar-refractivity contribution in [2.24, 2.45) is 5.92 Å². The Balaban J connectivity index is 2.13. The highest BCUT2D eigenvalue weighted by Gasteiger charge is 2.36. The molecule has 100 valence electrons. The van der Waals surface area contributed by atoms with Gasteiger partial charge in [0.15, 0.2) is 0 Å². The molecule has 1 aromatic carbocycles. The van der Waals surface area contributed by atoms with Crippen LogP contribution in [0.3, 0.4) is 0 Å². The van der Waals surface area contributed by atoms with Gasteiger partial charge in [-0.25, -0.2) is 4.39 Å². The van der Waals surface area contributed by atoms with E-state index in [1.807, 2.05) is 0 Å². The van der Waals surface area contributed by atoms with Gasteiger partial charge in [0.2, 0.25) is 0 Å². The third kappa shape index (κ3) is 2.94. The maximum Gasteiger partial charge on any atom is 0.130 e. The molecule has 1 nitrogen and oxygen atoms in total. The van der Waals surface area contributed by atoms with E-state index in [1.165, 1.54) is 18.9 Å². The van der Waals surface area contributed by atoms with Crippen molar-refractivity contribution in [1.82, 2.24) is 0 Å². The van der Waals surface area contributed by atoms with Crippen LogP contribution in [0.2, 0.25) is 0 Å². The second-order valence-corrected chi connectivity index (χ2v) is 6.30. The molecule has 0 atom stereocenters. The minimum Gasteiger partial charge on any atom is -0.385 e. The van der Waals surface area contributed by atoms with Gasteiger partial charge < -0.3 is 5.11 Å². The summed E-state index contributed by atoms with van der Waals surface area (Å²) in [4.78, 5) is 0. The van der Waals surface area contributed by atoms with Crippen LogP contribution in [0.1, 0.15) is 51.0 Å². The monoisotopic (exact) mass is 314 g/mol. The molecule has 1 aliphatic carbocycles. The summed E-state index contributed by atoms with van der Waals surface area (Å²) < 4.78 is 14.7. The standard InChI is InChI=1S/C15H20BrFO/c1-2-3-11-6-8-15(18,9-7-11)13-5-4-12(16)10-14(13)17/h4-5,10-11,18H,2-3,6-9H2,1H3. The van der Waals surface area contributed by atoms with Gasteiger partial charge in [-0.2, -0.15) is 0 Å². The first kappa shape index (κ1) is 14.0. The minimum absolute atomic E-state index is 0.305. The summed E-state index contributed by atoms with van der Waals surface area (Å²) in [7, 11) is 0. The number of hydrogen-bond donors (Lipinski definition) is 1. The molecule has 0 spiro atoms. The predicted molar refractivity (Wildman–Crippen MR) is 74.9 cm³/mol. The third-order valence-corrected chi connectivity index (χ3v) is 4.55. The van der Waals surface area contributed by atoms with E-state index in [4.69, 9.17) is 0 Å². The van der Waals surface area contributed by atoms with Crippen molar-refractivity contribution in [2.75, 3.05) is 0 Å². The fourth-order valence-electron chi connectivity index (χ4n) is 2.99. The van der Waals surface area contributed by atoms with Gasteiger partial charge in [-0.05, 0) is 43.7 Å². The molecule has 1 aliphatic rings. The number of hydrogen-bond acceptors (Lipinski definition) is 1. The SMILES string of the molecule is CCCC1CCC(O)(c2ccc(Br)cc2F)CC1. The highest BCUT2D eigenvalue weighted by atomic mass is 79.9. The maximum absolute atomic E-state index is 13.9. The van der Waals surface area contributed by atoms with Gasteiger partial charge >= 0.3 is 0 Å². The Labute approximate surface area is 117 Å². The molecule has 0 amide bonds. The van der Waals surface area contributed by atoms with Crippen molar-refractivity contribution in [3.63, 3.8) is 0 Å². The van der Waals surface area contributed by atoms with Crippen LogP contribution in [0.5, 0.6) is 0 Å². The van der Waals surface area contributed by atoms with Crippen LogP contribution < -0.4 is 0 Å². The number of halogens is 2. The highest BCUT2D eigenvalue weighted by Crippen LogP contribution is 2.42. The Morgan fingerprint density at radius 2 is 2.06 bits per heavy atom. The molecule has 2 rings (SSSR count). The van der Waals surface area contributed by atoms with Gasteiger partial charge in [0.1, 0.15) is 5.82 Å². The van der Waals surface area contributed by atoms with E-state index in [1.54, 1.807) is 12.1 Å². The first-order valence-electron chi connectivity index (χ1n) is 6.73. The zero-order valence-electron chi connectivity index (χ0n) is 10.8. The number of rotatable bonds is 3. The van der Waals surface area contributed by atoms with E-state index in [0.29, 0.717) is 28.8 Å². The lowest BCUT2D eigenvalue weighted by Crippen LogP contribution is -2.32. The van der Waals surface area contributed by atoms with E-state index in [0.717, 1.165) is 12.8 Å². The van der Waals surface area contributed by atoms with Crippen molar-refractivity contribution in [3.8, 4) is 0 Å². The Morgan fingerprint density at radius 3 is 2.61 bits per heavy atom. The van der Waals surface area contributed by atoms with Gasteiger partial charge in [-0.3, -0.25) is 0 Å². The largest absolute Gasteiger partial charge is 0.385 e. The first-order valence-corrected chi connectivity index (χ1v) is 7.52. The van der Waals surface area contributed by atoms with Crippen LogP contribution in [-0.2, 0) is 5.60 Å². The summed E-state index contributed by atoms with van der Waals surface area (Å²) >= 11 is 3.25. The number of aliphatic hydroxyl groups is 1. The van der Waals surface area contributed by atoms with Gasteiger partial charge in [-0.1, -0.05) is 41.8 Å². The highest BCUT2D eigenvalue weighted by molar-refractivity contribution is 9.10. The summed E-state index contributed by atoms with van der Waals surface area (Å²) in [5, 5.41) is 10.6. The van der Waals surface area contributed by atoms with Crippen molar-refractivity contribution >= 4 is 15.9 Å². The second-order valence-electron chi connectivity index (χ2n) is 5.39. The fraction of sp³-hybridized carbons (Fsp3) is 0.600. The van der Waals surface area contributed by atoms with Crippen LogP contribution in [0.25, 0.3) is 0 Å². The van der Waals surface area contributed by atoms with Crippen molar-refractivity contribution < 1.29 is 9.50 Å². The quantitative estimate of drug-likeness (QED) is 0.852. The fourth-order valence-corrected chi connectivity index (χ4v) is 3.32. The van der Waals surface area contributed by atoms with E-state index < -0.39 is 5.60 Å². The van der Waals surface area contributed by atoms with Crippen LogP contribution in [0, 0.1) is 11.7 Å². The first-order chi connectivity index (χ1) is 8.55. The van der Waals surface area contributed by atoms with Crippen LogP contribution in [0.15, 0.2) is 22.7 Å². The van der Waals surface area contributed by atoms with Gasteiger partial charge in [0.05, 0.1) is 5.60 Å². The zero-order chi connectivity index (χ0) is 13.2. The smallest absolute Gasteiger partial charge is 0.130 e. The van der Waals surface area contributed by atoms with Crippen LogP contribution in [0.4, 0.5) is 4.39 Å². The van der Waals surface area contributed by atoms with E-state index in [9.17, 15) is 9.50 Å². The molecule has 1 saturated carbocycles. The third-order valence-electron chi connectivity index (χ3n) is 4.06. The molecule has 1 N–H and O–H groups in total. The second kappa shape index (κ2) is 5.70. The molecular formula is C15H20BrFO. The minimum atomic E-state index is -0.963. The van der Waals surface area contributed by atoms with Gasteiger partial charge in [0, 0.05) is 10.0 Å². The molecule has 0 aromatic heterocycles. The molecule has 0 radical (unpaired) electrons. The van der Waals surface area contributed by atoms with E-state index in [-0.39, 0.29) is 5.82 Å². The van der Waals surface area contributed by atoms with E-state index >= 15 is 0 Å². The molecular weight excluding hydrogens is 295 g/mol. The van der Waals surface area contributed by atoms with Gasteiger partial charge in [-0.15, -0.1) is 0 Å². The normalized spacial score (nSPS) is 28.3. The van der Waals surface area contributed by atoms with Crippen LogP contribution >= 0.6 is 15.9 Å². The molecule has 0 heterocycles. The Morgan fingerprint density at radius 1 is 1.39 bits per heavy atom. The summed E-state index contributed by atoms with van der Waals surface area (Å²) in [6.07, 6.45) is 5.76. The molecule has 1 aromatic rings. The Bertz CT molecular complexity index is 411. The topological polar surface area (TPSA) is 20.2 Å². The Kier molecular flexibility index (Phi) is 4.44. The molecule has 0 aliphatic heterocycles. The summed E-state index contributed by atoms with van der Waals surface area (Å²) in [6.45, 7) is 2.19. The van der Waals surface area contributed by atoms with Gasteiger partial charge in [0.25, 0.3) is 0 Å². The molecule has 3 heteroatoms. The maximum atomic E-state index is 13.9. The summed E-state index contributed by atoms with van der Waals surface area (Å²) in [5.74, 6) is 0.398. The lowest BCUT2D eigenvalue weighted by atomic mass is 9.74. The number of benzene rings is 1. The van der Waals surface area contributed by atoms with Crippen molar-refractivity contribution in [2.45, 2.75) is 51.0 Å². The average molecular weight is 315 g/mol. The molecule has 1 fully saturated rings.